The van der Waals surface area contributed by atoms with Crippen molar-refractivity contribution in [3.63, 3.8) is 0 Å². The minimum absolute atomic E-state index is 0.586. The van der Waals surface area contributed by atoms with Crippen LogP contribution in [0.2, 0.25) is 0 Å². The van der Waals surface area contributed by atoms with Crippen molar-refractivity contribution in [3.05, 3.63) is 23.5 Å². The Bertz CT molecular complexity index is 446. The standard InChI is InChI=1S/C11H13N3S/c1-7-4-13-5-8(7)11-14-9-6-12-3-2-10(9)15-11/h2-3,6-8,13H,4-5H2,1H3. The van der Waals surface area contributed by atoms with Gasteiger partial charge in [0.15, 0.2) is 0 Å². The van der Waals surface area contributed by atoms with E-state index in [-0.39, 0.29) is 0 Å². The van der Waals surface area contributed by atoms with Gasteiger partial charge in [-0.25, -0.2) is 4.98 Å². The highest BCUT2D eigenvalue weighted by Gasteiger charge is 2.27. The Kier molecular flexibility index (Phi) is 2.18. The number of fused-ring (bicyclic) bond motifs is 1. The van der Waals surface area contributed by atoms with Crippen molar-refractivity contribution in [2.24, 2.45) is 5.92 Å². The second kappa shape index (κ2) is 3.54. The molecule has 0 spiro atoms. The molecule has 0 saturated carbocycles. The topological polar surface area (TPSA) is 37.8 Å². The molecule has 2 unspecified atom stereocenters. The summed E-state index contributed by atoms with van der Waals surface area (Å²) in [5.41, 5.74) is 1.04. The van der Waals surface area contributed by atoms with Gasteiger partial charge in [0.25, 0.3) is 0 Å². The summed E-state index contributed by atoms with van der Waals surface area (Å²) >= 11 is 1.81. The van der Waals surface area contributed by atoms with Gasteiger partial charge in [0, 0.05) is 18.7 Å². The third kappa shape index (κ3) is 1.54. The minimum atomic E-state index is 0.586. The average Bonchev–Trinajstić information content (AvgIpc) is 2.82. The lowest BCUT2D eigenvalue weighted by atomic mass is 9.99. The van der Waals surface area contributed by atoms with Crippen LogP contribution >= 0.6 is 11.3 Å². The van der Waals surface area contributed by atoms with Crippen molar-refractivity contribution >= 4 is 21.6 Å². The van der Waals surface area contributed by atoms with Crippen LogP contribution in [0, 0.1) is 5.92 Å². The summed E-state index contributed by atoms with van der Waals surface area (Å²) in [6.07, 6.45) is 3.68. The Hall–Kier alpha value is -1.00. The van der Waals surface area contributed by atoms with Gasteiger partial charge in [0.2, 0.25) is 0 Å². The molecule has 0 amide bonds. The van der Waals surface area contributed by atoms with Crippen LogP contribution in [-0.2, 0) is 0 Å². The lowest BCUT2D eigenvalue weighted by molar-refractivity contribution is 0.570. The van der Waals surface area contributed by atoms with E-state index in [1.54, 1.807) is 0 Å². The molecule has 0 bridgehead atoms. The Morgan fingerprint density at radius 2 is 2.40 bits per heavy atom. The monoisotopic (exact) mass is 219 g/mol. The molecule has 1 aliphatic heterocycles. The predicted molar refractivity (Wildman–Crippen MR) is 62.2 cm³/mol. The van der Waals surface area contributed by atoms with E-state index >= 15 is 0 Å². The molecule has 0 aliphatic carbocycles. The number of thiazole rings is 1. The van der Waals surface area contributed by atoms with Gasteiger partial charge in [-0.3, -0.25) is 4.98 Å². The van der Waals surface area contributed by atoms with E-state index in [0.717, 1.165) is 18.6 Å². The van der Waals surface area contributed by atoms with Crippen LogP contribution in [0.5, 0.6) is 0 Å². The van der Waals surface area contributed by atoms with E-state index in [4.69, 9.17) is 0 Å². The van der Waals surface area contributed by atoms with E-state index in [0.29, 0.717) is 11.8 Å². The van der Waals surface area contributed by atoms with Crippen molar-refractivity contribution in [1.29, 1.82) is 0 Å². The van der Waals surface area contributed by atoms with E-state index in [2.05, 4.69) is 22.2 Å². The predicted octanol–water partition coefficient (Wildman–Crippen LogP) is 2.01. The van der Waals surface area contributed by atoms with Crippen LogP contribution in [0.15, 0.2) is 18.5 Å². The molecular formula is C11H13N3S. The lowest BCUT2D eigenvalue weighted by Gasteiger charge is -2.09. The number of hydrogen-bond donors (Lipinski definition) is 1. The van der Waals surface area contributed by atoms with Gasteiger partial charge in [-0.2, -0.15) is 0 Å². The van der Waals surface area contributed by atoms with Crippen LogP contribution in [-0.4, -0.2) is 23.1 Å². The van der Waals surface area contributed by atoms with Crippen molar-refractivity contribution in [3.8, 4) is 0 Å². The molecule has 4 heteroatoms. The van der Waals surface area contributed by atoms with Crippen molar-refractivity contribution in [2.75, 3.05) is 13.1 Å². The fourth-order valence-corrected chi connectivity index (χ4v) is 3.27. The second-order valence-electron chi connectivity index (χ2n) is 4.14. The zero-order chi connectivity index (χ0) is 10.3. The molecule has 2 atom stereocenters. The fraction of sp³-hybridized carbons (Fsp3) is 0.455. The van der Waals surface area contributed by atoms with Crippen LogP contribution < -0.4 is 5.32 Å². The molecular weight excluding hydrogens is 206 g/mol. The normalized spacial score (nSPS) is 26.2. The molecule has 1 saturated heterocycles. The van der Waals surface area contributed by atoms with Gasteiger partial charge >= 0.3 is 0 Å². The van der Waals surface area contributed by atoms with Crippen molar-refractivity contribution in [2.45, 2.75) is 12.8 Å². The first-order chi connectivity index (χ1) is 7.34. The number of aromatic nitrogens is 2. The zero-order valence-corrected chi connectivity index (χ0v) is 9.42. The Balaban J connectivity index is 2.04. The highest BCUT2D eigenvalue weighted by atomic mass is 32.1. The molecule has 1 N–H and O–H groups in total. The fourth-order valence-electron chi connectivity index (χ4n) is 2.10. The molecule has 3 nitrogen and oxygen atoms in total. The summed E-state index contributed by atoms with van der Waals surface area (Å²) < 4.78 is 1.25. The van der Waals surface area contributed by atoms with E-state index in [1.165, 1.54) is 9.71 Å². The molecule has 0 radical (unpaired) electrons. The Labute approximate surface area is 92.6 Å². The number of nitrogens with zero attached hydrogens (tertiary/aromatic N) is 2. The Morgan fingerprint density at radius 1 is 1.47 bits per heavy atom. The lowest BCUT2D eigenvalue weighted by Crippen LogP contribution is -2.07. The van der Waals surface area contributed by atoms with Crippen LogP contribution in [0.3, 0.4) is 0 Å². The zero-order valence-electron chi connectivity index (χ0n) is 8.60. The summed E-state index contributed by atoms with van der Waals surface area (Å²) in [4.78, 5) is 8.76. The second-order valence-corrected chi connectivity index (χ2v) is 5.20. The van der Waals surface area contributed by atoms with Crippen LogP contribution in [0.25, 0.3) is 10.2 Å². The SMILES string of the molecule is CC1CNCC1c1nc2cnccc2s1. The number of hydrogen-bond acceptors (Lipinski definition) is 4. The summed E-state index contributed by atoms with van der Waals surface area (Å²) in [6, 6.07) is 2.05. The Morgan fingerprint density at radius 3 is 3.13 bits per heavy atom. The number of pyridine rings is 1. The minimum Gasteiger partial charge on any atom is -0.316 e. The van der Waals surface area contributed by atoms with Crippen molar-refractivity contribution < 1.29 is 0 Å². The van der Waals surface area contributed by atoms with Crippen LogP contribution in [0.4, 0.5) is 0 Å². The summed E-state index contributed by atoms with van der Waals surface area (Å²) in [5.74, 6) is 1.28. The molecule has 1 fully saturated rings. The molecule has 1 aliphatic rings. The molecule has 3 heterocycles. The van der Waals surface area contributed by atoms with Crippen molar-refractivity contribution in [1.82, 2.24) is 15.3 Å². The maximum Gasteiger partial charge on any atom is 0.0998 e. The van der Waals surface area contributed by atoms with Gasteiger partial charge < -0.3 is 5.32 Å². The average molecular weight is 219 g/mol. The summed E-state index contributed by atoms with van der Waals surface area (Å²) in [5, 5.41) is 4.68. The maximum atomic E-state index is 4.66. The molecule has 2 aromatic rings. The van der Waals surface area contributed by atoms with Gasteiger partial charge in [-0.15, -0.1) is 11.3 Å². The molecule has 15 heavy (non-hydrogen) atoms. The highest BCUT2D eigenvalue weighted by molar-refractivity contribution is 7.18. The quantitative estimate of drug-likeness (QED) is 0.797. The largest absolute Gasteiger partial charge is 0.316 e. The first kappa shape index (κ1) is 9.24. The molecule has 2 aromatic heterocycles. The van der Waals surface area contributed by atoms with Crippen LogP contribution in [0.1, 0.15) is 17.8 Å². The van der Waals surface area contributed by atoms with Gasteiger partial charge in [0.05, 0.1) is 21.4 Å². The smallest absolute Gasteiger partial charge is 0.0998 e. The van der Waals surface area contributed by atoms with Gasteiger partial charge in [-0.1, -0.05) is 6.92 Å². The molecule has 78 valence electrons. The summed E-state index contributed by atoms with van der Waals surface area (Å²) in [7, 11) is 0. The first-order valence-corrected chi connectivity index (χ1v) is 6.07. The van der Waals surface area contributed by atoms with Gasteiger partial charge in [-0.05, 0) is 18.5 Å². The van der Waals surface area contributed by atoms with E-state index in [1.807, 2.05) is 29.8 Å². The molecule has 0 aromatic carbocycles. The highest BCUT2D eigenvalue weighted by Crippen LogP contribution is 2.33. The van der Waals surface area contributed by atoms with E-state index in [9.17, 15) is 0 Å². The number of nitrogens with one attached hydrogen (secondary N) is 1. The number of rotatable bonds is 1. The van der Waals surface area contributed by atoms with Gasteiger partial charge in [0.1, 0.15) is 0 Å². The third-order valence-electron chi connectivity index (χ3n) is 3.04. The summed E-state index contributed by atoms with van der Waals surface area (Å²) in [6.45, 7) is 4.46. The first-order valence-electron chi connectivity index (χ1n) is 5.26. The van der Waals surface area contributed by atoms with E-state index < -0.39 is 0 Å². The third-order valence-corrected chi connectivity index (χ3v) is 4.21. The molecule has 3 rings (SSSR count). The maximum absolute atomic E-state index is 4.66.